The molecule has 2 heterocycles. The number of hydroxylamine groups is 2. The Balaban J connectivity index is 2.04. The van der Waals surface area contributed by atoms with Gasteiger partial charge in [0.05, 0.1) is 0 Å². The van der Waals surface area contributed by atoms with Crippen LogP contribution in [-0.4, -0.2) is 34.2 Å². The number of carbonyl (C=O) groups excluding carboxylic acids is 1. The predicted octanol–water partition coefficient (Wildman–Crippen LogP) is 2.49. The van der Waals surface area contributed by atoms with E-state index in [4.69, 9.17) is 9.57 Å². The summed E-state index contributed by atoms with van der Waals surface area (Å²) in [6, 6.07) is 1.47. The molecular formula is C15H22N2O3. The Bertz CT molecular complexity index is 482. The van der Waals surface area contributed by atoms with E-state index in [1.807, 2.05) is 27.7 Å². The van der Waals surface area contributed by atoms with Gasteiger partial charge in [-0.1, -0.05) is 0 Å². The van der Waals surface area contributed by atoms with Gasteiger partial charge in [-0.2, -0.15) is 0 Å². The minimum atomic E-state index is -0.474. The van der Waals surface area contributed by atoms with Crippen molar-refractivity contribution in [3.8, 4) is 5.75 Å². The van der Waals surface area contributed by atoms with E-state index >= 15 is 0 Å². The molecule has 20 heavy (non-hydrogen) atoms. The molecule has 0 N–H and O–H groups in total. The SMILES string of the molecule is Cc1cnccc1ON1CCCC1C(=O)OC(C)(C)C. The number of pyridine rings is 1. The first kappa shape index (κ1) is 14.8. The molecule has 1 aliphatic heterocycles. The minimum Gasteiger partial charge on any atom is -0.459 e. The van der Waals surface area contributed by atoms with Crippen molar-refractivity contribution < 1.29 is 14.4 Å². The largest absolute Gasteiger partial charge is 0.459 e. The van der Waals surface area contributed by atoms with Gasteiger partial charge in [0.15, 0.2) is 5.75 Å². The Labute approximate surface area is 119 Å². The summed E-state index contributed by atoms with van der Waals surface area (Å²) in [6.45, 7) is 8.28. The van der Waals surface area contributed by atoms with Gasteiger partial charge < -0.3 is 9.57 Å². The molecule has 0 radical (unpaired) electrons. The van der Waals surface area contributed by atoms with E-state index in [1.165, 1.54) is 0 Å². The van der Waals surface area contributed by atoms with Crippen molar-refractivity contribution in [3.05, 3.63) is 24.0 Å². The summed E-state index contributed by atoms with van der Waals surface area (Å²) in [5.41, 5.74) is 0.472. The van der Waals surface area contributed by atoms with E-state index in [9.17, 15) is 4.79 Å². The van der Waals surface area contributed by atoms with E-state index in [0.29, 0.717) is 0 Å². The summed E-state index contributed by atoms with van der Waals surface area (Å²) in [4.78, 5) is 22.1. The lowest BCUT2D eigenvalue weighted by Gasteiger charge is -2.27. The van der Waals surface area contributed by atoms with E-state index in [2.05, 4.69) is 4.98 Å². The maximum atomic E-state index is 12.2. The van der Waals surface area contributed by atoms with Crippen molar-refractivity contribution >= 4 is 5.97 Å². The zero-order chi connectivity index (χ0) is 14.8. The zero-order valence-electron chi connectivity index (χ0n) is 12.5. The van der Waals surface area contributed by atoms with Crippen LogP contribution in [0.5, 0.6) is 5.75 Å². The van der Waals surface area contributed by atoms with Crippen LogP contribution in [0.25, 0.3) is 0 Å². The number of rotatable bonds is 3. The van der Waals surface area contributed by atoms with Crippen molar-refractivity contribution in [2.45, 2.75) is 52.2 Å². The Kier molecular flexibility index (Phi) is 4.28. The predicted molar refractivity (Wildman–Crippen MR) is 75.2 cm³/mol. The zero-order valence-corrected chi connectivity index (χ0v) is 12.5. The van der Waals surface area contributed by atoms with Crippen LogP contribution in [0.2, 0.25) is 0 Å². The van der Waals surface area contributed by atoms with Crippen LogP contribution >= 0.6 is 0 Å². The highest BCUT2D eigenvalue weighted by Crippen LogP contribution is 2.24. The van der Waals surface area contributed by atoms with Crippen molar-refractivity contribution in [1.82, 2.24) is 10.0 Å². The fourth-order valence-electron chi connectivity index (χ4n) is 2.14. The number of nitrogens with zero attached hydrogens (tertiary/aromatic N) is 2. The summed E-state index contributed by atoms with van der Waals surface area (Å²) < 4.78 is 5.45. The fourth-order valence-corrected chi connectivity index (χ4v) is 2.14. The van der Waals surface area contributed by atoms with Crippen molar-refractivity contribution in [2.75, 3.05) is 6.54 Å². The normalized spacial score (nSPS) is 19.9. The summed E-state index contributed by atoms with van der Waals surface area (Å²) in [5, 5.41) is 1.72. The summed E-state index contributed by atoms with van der Waals surface area (Å²) in [5.74, 6) is 0.511. The molecule has 1 unspecified atom stereocenters. The Hall–Kier alpha value is -1.62. The van der Waals surface area contributed by atoms with Crippen molar-refractivity contribution in [3.63, 3.8) is 0 Å². The van der Waals surface area contributed by atoms with Gasteiger partial charge in [0, 0.05) is 30.6 Å². The molecule has 1 aliphatic rings. The minimum absolute atomic E-state index is 0.221. The first-order chi connectivity index (χ1) is 9.37. The lowest BCUT2D eigenvalue weighted by atomic mass is 10.2. The third-order valence-electron chi connectivity index (χ3n) is 3.07. The lowest BCUT2D eigenvalue weighted by Crippen LogP contribution is -2.42. The molecule has 2 rings (SSSR count). The first-order valence-electron chi connectivity index (χ1n) is 6.95. The van der Waals surface area contributed by atoms with Crippen LogP contribution in [0.4, 0.5) is 0 Å². The topological polar surface area (TPSA) is 51.7 Å². The van der Waals surface area contributed by atoms with Crippen LogP contribution in [0.3, 0.4) is 0 Å². The van der Waals surface area contributed by atoms with Gasteiger partial charge in [0.25, 0.3) is 0 Å². The van der Waals surface area contributed by atoms with Gasteiger partial charge in [-0.05, 0) is 40.5 Å². The molecule has 1 aromatic heterocycles. The standard InChI is InChI=1S/C15H22N2O3/c1-11-10-16-8-7-13(11)20-17-9-5-6-12(17)14(18)19-15(2,3)4/h7-8,10,12H,5-6,9H2,1-4H3. The van der Waals surface area contributed by atoms with Crippen molar-refractivity contribution in [1.29, 1.82) is 0 Å². The fraction of sp³-hybridized carbons (Fsp3) is 0.600. The van der Waals surface area contributed by atoms with Gasteiger partial charge in [-0.25, -0.2) is 0 Å². The summed E-state index contributed by atoms with van der Waals surface area (Å²) in [7, 11) is 0. The van der Waals surface area contributed by atoms with Crippen LogP contribution < -0.4 is 4.84 Å². The highest BCUT2D eigenvalue weighted by atomic mass is 16.7. The highest BCUT2D eigenvalue weighted by molar-refractivity contribution is 5.76. The van der Waals surface area contributed by atoms with Gasteiger partial charge in [0.1, 0.15) is 11.6 Å². The van der Waals surface area contributed by atoms with Gasteiger partial charge in [0.2, 0.25) is 0 Å². The quantitative estimate of drug-likeness (QED) is 0.795. The maximum absolute atomic E-state index is 12.2. The second-order valence-corrected chi connectivity index (χ2v) is 6.06. The molecule has 5 heteroatoms. The second kappa shape index (κ2) is 5.79. The van der Waals surface area contributed by atoms with E-state index in [0.717, 1.165) is 30.7 Å². The lowest BCUT2D eigenvalue weighted by molar-refractivity contribution is -0.172. The number of ether oxygens (including phenoxy) is 1. The van der Waals surface area contributed by atoms with Gasteiger partial charge in [-0.3, -0.25) is 9.78 Å². The smallest absolute Gasteiger partial charge is 0.327 e. The molecule has 0 saturated carbocycles. The monoisotopic (exact) mass is 278 g/mol. The summed E-state index contributed by atoms with van der Waals surface area (Å²) in [6.07, 6.45) is 5.11. The van der Waals surface area contributed by atoms with Crippen LogP contribution in [0.15, 0.2) is 18.5 Å². The number of hydrogen-bond acceptors (Lipinski definition) is 5. The molecule has 1 atom stereocenters. The third kappa shape index (κ3) is 3.70. The van der Waals surface area contributed by atoms with E-state index < -0.39 is 5.60 Å². The second-order valence-electron chi connectivity index (χ2n) is 6.06. The summed E-state index contributed by atoms with van der Waals surface area (Å²) >= 11 is 0. The number of hydrogen-bond donors (Lipinski definition) is 0. The van der Waals surface area contributed by atoms with Gasteiger partial charge in [-0.15, -0.1) is 5.06 Å². The number of carbonyl (C=O) groups is 1. The molecule has 0 spiro atoms. The molecule has 0 bridgehead atoms. The molecule has 110 valence electrons. The number of aryl methyl sites for hydroxylation is 1. The molecule has 1 fully saturated rings. The highest BCUT2D eigenvalue weighted by Gasteiger charge is 2.36. The molecule has 0 aliphatic carbocycles. The van der Waals surface area contributed by atoms with Crippen LogP contribution in [0.1, 0.15) is 39.2 Å². The molecule has 0 amide bonds. The Morgan fingerprint density at radius 2 is 2.20 bits per heavy atom. The molecule has 0 aromatic carbocycles. The molecule has 1 saturated heterocycles. The maximum Gasteiger partial charge on any atom is 0.327 e. The number of aromatic nitrogens is 1. The van der Waals surface area contributed by atoms with Crippen LogP contribution in [-0.2, 0) is 9.53 Å². The molecule has 1 aromatic rings. The van der Waals surface area contributed by atoms with Crippen molar-refractivity contribution in [2.24, 2.45) is 0 Å². The number of esters is 1. The van der Waals surface area contributed by atoms with E-state index in [-0.39, 0.29) is 12.0 Å². The van der Waals surface area contributed by atoms with Crippen LogP contribution in [0, 0.1) is 6.92 Å². The average Bonchev–Trinajstić information content (AvgIpc) is 2.78. The molecule has 5 nitrogen and oxygen atoms in total. The first-order valence-corrected chi connectivity index (χ1v) is 6.95. The van der Waals surface area contributed by atoms with Gasteiger partial charge >= 0.3 is 5.97 Å². The average molecular weight is 278 g/mol. The molecular weight excluding hydrogens is 256 g/mol. The Morgan fingerprint density at radius 1 is 1.45 bits per heavy atom. The third-order valence-corrected chi connectivity index (χ3v) is 3.07. The van der Waals surface area contributed by atoms with E-state index in [1.54, 1.807) is 23.5 Å². The Morgan fingerprint density at radius 3 is 2.85 bits per heavy atom.